The molecule has 0 unspecified atom stereocenters. The number of ether oxygens (including phenoxy) is 1. The second kappa shape index (κ2) is 7.62. The van der Waals surface area contributed by atoms with Gasteiger partial charge in [0.05, 0.1) is 6.61 Å². The third kappa shape index (κ3) is 4.34. The zero-order valence-electron chi connectivity index (χ0n) is 12.9. The first-order valence-electron chi connectivity index (χ1n) is 7.96. The quantitative estimate of drug-likeness (QED) is 0.844. The van der Waals surface area contributed by atoms with E-state index >= 15 is 0 Å². The molecule has 4 heteroatoms. The topological polar surface area (TPSA) is 38.3 Å². The molecule has 23 heavy (non-hydrogen) atoms. The maximum atomic E-state index is 12.4. The fourth-order valence-electron chi connectivity index (χ4n) is 2.75. The molecule has 3 nitrogen and oxygen atoms in total. The van der Waals surface area contributed by atoms with Gasteiger partial charge in [0.25, 0.3) is 0 Å². The molecule has 0 amide bonds. The van der Waals surface area contributed by atoms with Crippen LogP contribution in [-0.4, -0.2) is 25.5 Å². The number of halogens is 1. The molecule has 120 valence electrons. The largest absolute Gasteiger partial charge is 0.493 e. The van der Waals surface area contributed by atoms with Crippen LogP contribution in [0.1, 0.15) is 28.8 Å². The molecule has 0 aromatic heterocycles. The molecule has 1 saturated heterocycles. The van der Waals surface area contributed by atoms with Gasteiger partial charge in [-0.25, -0.2) is 0 Å². The predicted molar refractivity (Wildman–Crippen MR) is 92.4 cm³/mol. The molecule has 0 bridgehead atoms. The minimum atomic E-state index is -0.00954. The molecule has 1 aliphatic heterocycles. The van der Waals surface area contributed by atoms with Gasteiger partial charge in [0.2, 0.25) is 0 Å². The molecular weight excluding hydrogens is 310 g/mol. The predicted octanol–water partition coefficient (Wildman–Crippen LogP) is 3.95. The summed E-state index contributed by atoms with van der Waals surface area (Å²) in [5.41, 5.74) is 1.29. The Kier molecular flexibility index (Phi) is 5.31. The van der Waals surface area contributed by atoms with Crippen LogP contribution < -0.4 is 10.1 Å². The zero-order valence-corrected chi connectivity index (χ0v) is 13.7. The van der Waals surface area contributed by atoms with Crippen LogP contribution in [0.15, 0.2) is 48.5 Å². The number of nitrogens with one attached hydrogen (secondary N) is 1. The van der Waals surface area contributed by atoms with Crippen molar-refractivity contribution in [1.82, 2.24) is 5.32 Å². The molecule has 2 aromatic carbocycles. The number of carbonyl (C=O) groups excluding carboxylic acids is 1. The van der Waals surface area contributed by atoms with E-state index in [9.17, 15) is 4.79 Å². The van der Waals surface area contributed by atoms with Crippen LogP contribution in [0.4, 0.5) is 0 Å². The van der Waals surface area contributed by atoms with Gasteiger partial charge in [0, 0.05) is 28.6 Å². The molecule has 1 aliphatic rings. The van der Waals surface area contributed by atoms with E-state index in [2.05, 4.69) is 5.32 Å². The minimum Gasteiger partial charge on any atom is -0.493 e. The maximum Gasteiger partial charge on any atom is 0.193 e. The van der Waals surface area contributed by atoms with Crippen molar-refractivity contribution in [2.24, 2.45) is 5.92 Å². The summed E-state index contributed by atoms with van der Waals surface area (Å²) in [6, 6.07) is 14.3. The van der Waals surface area contributed by atoms with Crippen molar-refractivity contribution in [3.05, 3.63) is 64.7 Å². The number of rotatable bonds is 5. The minimum absolute atomic E-state index is 0.00954. The molecule has 1 N–H and O–H groups in total. The summed E-state index contributed by atoms with van der Waals surface area (Å²) in [7, 11) is 0. The summed E-state index contributed by atoms with van der Waals surface area (Å²) in [4.78, 5) is 12.4. The molecule has 0 saturated carbocycles. The SMILES string of the molecule is O=C(c1ccc(Cl)cc1)c1ccc(OC[C@H]2CCCNC2)cc1. The summed E-state index contributed by atoms with van der Waals surface area (Å²) >= 11 is 5.85. The van der Waals surface area contributed by atoms with Crippen LogP contribution in [-0.2, 0) is 0 Å². The third-order valence-corrected chi connectivity index (χ3v) is 4.36. The first kappa shape index (κ1) is 16.0. The lowest BCUT2D eigenvalue weighted by molar-refractivity contribution is 0.103. The second-order valence-corrected chi connectivity index (χ2v) is 6.32. The van der Waals surface area contributed by atoms with E-state index in [1.54, 1.807) is 24.3 Å². The van der Waals surface area contributed by atoms with Gasteiger partial charge in [-0.1, -0.05) is 11.6 Å². The van der Waals surface area contributed by atoms with Crippen LogP contribution in [0.5, 0.6) is 5.75 Å². The Hall–Kier alpha value is -1.84. The summed E-state index contributed by atoms with van der Waals surface area (Å²) in [5.74, 6) is 1.37. The Labute approximate surface area is 141 Å². The van der Waals surface area contributed by atoms with Crippen LogP contribution in [0.2, 0.25) is 5.02 Å². The molecule has 1 atom stereocenters. The highest BCUT2D eigenvalue weighted by Crippen LogP contribution is 2.18. The Morgan fingerprint density at radius 3 is 2.35 bits per heavy atom. The fraction of sp³-hybridized carbons (Fsp3) is 0.316. The van der Waals surface area contributed by atoms with E-state index in [1.165, 1.54) is 12.8 Å². The highest BCUT2D eigenvalue weighted by Gasteiger charge is 2.14. The lowest BCUT2D eigenvalue weighted by Gasteiger charge is -2.22. The first-order valence-corrected chi connectivity index (χ1v) is 8.34. The molecule has 0 radical (unpaired) electrons. The van der Waals surface area contributed by atoms with E-state index in [0.29, 0.717) is 22.1 Å². The van der Waals surface area contributed by atoms with E-state index < -0.39 is 0 Å². The van der Waals surface area contributed by atoms with E-state index in [1.807, 2.05) is 24.3 Å². The standard InChI is InChI=1S/C19H20ClNO2/c20-17-7-3-15(4-8-17)19(22)16-5-9-18(10-6-16)23-13-14-2-1-11-21-12-14/h3-10,14,21H,1-2,11-13H2/t14-/m0/s1. The van der Waals surface area contributed by atoms with Crippen molar-refractivity contribution in [2.75, 3.05) is 19.7 Å². The van der Waals surface area contributed by atoms with Gasteiger partial charge < -0.3 is 10.1 Å². The van der Waals surface area contributed by atoms with Crippen LogP contribution >= 0.6 is 11.6 Å². The van der Waals surface area contributed by atoms with Crippen molar-refractivity contribution in [3.8, 4) is 5.75 Å². The number of ketones is 1. The van der Waals surface area contributed by atoms with Gasteiger partial charge in [0.15, 0.2) is 5.78 Å². The molecule has 3 rings (SSSR count). The Morgan fingerprint density at radius 2 is 1.74 bits per heavy atom. The van der Waals surface area contributed by atoms with Crippen LogP contribution in [0.25, 0.3) is 0 Å². The second-order valence-electron chi connectivity index (χ2n) is 5.88. The molecular formula is C19H20ClNO2. The average Bonchev–Trinajstić information content (AvgIpc) is 2.61. The number of carbonyl (C=O) groups is 1. The maximum absolute atomic E-state index is 12.4. The number of benzene rings is 2. The number of piperidine rings is 1. The molecule has 0 aliphatic carbocycles. The Morgan fingerprint density at radius 1 is 1.09 bits per heavy atom. The Balaban J connectivity index is 1.60. The van der Waals surface area contributed by atoms with Crippen molar-refractivity contribution >= 4 is 17.4 Å². The first-order chi connectivity index (χ1) is 11.2. The normalized spacial score (nSPS) is 17.7. The van der Waals surface area contributed by atoms with E-state index in [0.717, 1.165) is 25.4 Å². The third-order valence-electron chi connectivity index (χ3n) is 4.11. The van der Waals surface area contributed by atoms with Gasteiger partial charge in [-0.15, -0.1) is 0 Å². The van der Waals surface area contributed by atoms with Crippen molar-refractivity contribution in [3.63, 3.8) is 0 Å². The number of hydrogen-bond acceptors (Lipinski definition) is 3. The van der Waals surface area contributed by atoms with E-state index in [-0.39, 0.29) is 5.78 Å². The molecule has 0 spiro atoms. The summed E-state index contributed by atoms with van der Waals surface area (Å²) < 4.78 is 5.83. The Bertz CT molecular complexity index is 646. The zero-order chi connectivity index (χ0) is 16.1. The van der Waals surface area contributed by atoms with Crippen LogP contribution in [0.3, 0.4) is 0 Å². The van der Waals surface area contributed by atoms with Gasteiger partial charge in [-0.2, -0.15) is 0 Å². The lowest BCUT2D eigenvalue weighted by atomic mass is 10.0. The van der Waals surface area contributed by atoms with Crippen molar-refractivity contribution in [1.29, 1.82) is 0 Å². The fourth-order valence-corrected chi connectivity index (χ4v) is 2.88. The van der Waals surface area contributed by atoms with Gasteiger partial charge in [-0.3, -0.25) is 4.79 Å². The van der Waals surface area contributed by atoms with Crippen molar-refractivity contribution < 1.29 is 9.53 Å². The number of hydrogen-bond donors (Lipinski definition) is 1. The summed E-state index contributed by atoms with van der Waals surface area (Å²) in [6.07, 6.45) is 2.42. The monoisotopic (exact) mass is 329 g/mol. The molecule has 1 heterocycles. The lowest BCUT2D eigenvalue weighted by Crippen LogP contribution is -2.33. The smallest absolute Gasteiger partial charge is 0.193 e. The summed E-state index contributed by atoms with van der Waals surface area (Å²) in [5, 5.41) is 4.01. The highest BCUT2D eigenvalue weighted by atomic mass is 35.5. The average molecular weight is 330 g/mol. The summed E-state index contributed by atoms with van der Waals surface area (Å²) in [6.45, 7) is 2.85. The molecule has 1 fully saturated rings. The molecule has 2 aromatic rings. The van der Waals surface area contributed by atoms with Gasteiger partial charge in [-0.05, 0) is 67.9 Å². The van der Waals surface area contributed by atoms with Crippen LogP contribution in [0, 0.1) is 5.92 Å². The van der Waals surface area contributed by atoms with Crippen molar-refractivity contribution in [2.45, 2.75) is 12.8 Å². The van der Waals surface area contributed by atoms with E-state index in [4.69, 9.17) is 16.3 Å². The highest BCUT2D eigenvalue weighted by molar-refractivity contribution is 6.30. The van der Waals surface area contributed by atoms with Gasteiger partial charge in [0.1, 0.15) is 5.75 Å². The van der Waals surface area contributed by atoms with Gasteiger partial charge >= 0.3 is 0 Å².